The topological polar surface area (TPSA) is 69.8 Å². The molecule has 19 heavy (non-hydrogen) atoms. The van der Waals surface area contributed by atoms with E-state index in [0.717, 1.165) is 22.6 Å². The Morgan fingerprint density at radius 3 is 2.84 bits per heavy atom. The molecule has 0 aliphatic heterocycles. The summed E-state index contributed by atoms with van der Waals surface area (Å²) in [5.41, 5.74) is 3.96. The number of carbonyl (C=O) groups excluding carboxylic acids is 1. The minimum atomic E-state index is 0.0165. The van der Waals surface area contributed by atoms with Crippen LogP contribution in [0.5, 0.6) is 0 Å². The first-order valence-corrected chi connectivity index (χ1v) is 6.31. The Morgan fingerprint density at radius 2 is 2.16 bits per heavy atom. The van der Waals surface area contributed by atoms with Crippen molar-refractivity contribution in [3.8, 4) is 0 Å². The highest BCUT2D eigenvalue weighted by Gasteiger charge is 2.02. The Bertz CT molecular complexity index is 562. The fourth-order valence-electron chi connectivity index (χ4n) is 1.71. The van der Waals surface area contributed by atoms with E-state index < -0.39 is 0 Å². The molecular formula is C14H18N4O. The first kappa shape index (κ1) is 13.1. The molecule has 0 atom stereocenters. The lowest BCUT2D eigenvalue weighted by Gasteiger charge is -2.08. The molecule has 0 aliphatic carbocycles. The molecule has 0 unspecified atom stereocenters. The lowest BCUT2D eigenvalue weighted by atomic mass is 10.2. The van der Waals surface area contributed by atoms with Gasteiger partial charge in [-0.25, -0.2) is 0 Å². The molecule has 2 aromatic rings. The van der Waals surface area contributed by atoms with Gasteiger partial charge in [-0.2, -0.15) is 5.10 Å². The number of amides is 1. The van der Waals surface area contributed by atoms with E-state index in [4.69, 9.17) is 0 Å². The van der Waals surface area contributed by atoms with Crippen molar-refractivity contribution in [1.29, 1.82) is 0 Å². The summed E-state index contributed by atoms with van der Waals surface area (Å²) in [4.78, 5) is 11.3. The molecule has 1 aromatic carbocycles. The molecule has 100 valence electrons. The zero-order valence-electron chi connectivity index (χ0n) is 11.2. The largest absolute Gasteiger partial charge is 0.381 e. The number of hydrogen-bond acceptors (Lipinski definition) is 3. The second-order valence-corrected chi connectivity index (χ2v) is 4.36. The van der Waals surface area contributed by atoms with Crippen LogP contribution in [0.1, 0.15) is 24.6 Å². The number of benzene rings is 1. The van der Waals surface area contributed by atoms with E-state index in [1.807, 2.05) is 44.3 Å². The Morgan fingerprint density at radius 1 is 1.37 bits per heavy atom. The van der Waals surface area contributed by atoms with Crippen molar-refractivity contribution in [2.45, 2.75) is 26.8 Å². The van der Waals surface area contributed by atoms with Gasteiger partial charge < -0.3 is 10.6 Å². The molecule has 0 radical (unpaired) electrons. The van der Waals surface area contributed by atoms with Crippen LogP contribution in [0.4, 0.5) is 11.4 Å². The van der Waals surface area contributed by atoms with E-state index in [1.165, 1.54) is 0 Å². The van der Waals surface area contributed by atoms with Crippen LogP contribution in [0.2, 0.25) is 0 Å². The molecule has 1 amide bonds. The molecule has 0 aliphatic rings. The van der Waals surface area contributed by atoms with Crippen molar-refractivity contribution in [1.82, 2.24) is 10.2 Å². The molecule has 5 nitrogen and oxygen atoms in total. The van der Waals surface area contributed by atoms with Gasteiger partial charge in [0.25, 0.3) is 0 Å². The molecular weight excluding hydrogens is 240 g/mol. The zero-order valence-corrected chi connectivity index (χ0v) is 11.2. The third kappa shape index (κ3) is 3.58. The van der Waals surface area contributed by atoms with E-state index in [0.29, 0.717) is 13.0 Å². The summed E-state index contributed by atoms with van der Waals surface area (Å²) in [7, 11) is 0. The lowest BCUT2D eigenvalue weighted by Crippen LogP contribution is -2.09. The highest BCUT2D eigenvalue weighted by atomic mass is 16.1. The van der Waals surface area contributed by atoms with Crippen molar-refractivity contribution in [3.05, 3.63) is 41.7 Å². The zero-order chi connectivity index (χ0) is 13.7. The van der Waals surface area contributed by atoms with Crippen molar-refractivity contribution in [2.75, 3.05) is 10.6 Å². The van der Waals surface area contributed by atoms with E-state index in [2.05, 4.69) is 20.8 Å². The average molecular weight is 258 g/mol. The van der Waals surface area contributed by atoms with Gasteiger partial charge in [0.2, 0.25) is 5.91 Å². The van der Waals surface area contributed by atoms with Gasteiger partial charge in [0.1, 0.15) is 0 Å². The minimum absolute atomic E-state index is 0.0165. The predicted molar refractivity (Wildman–Crippen MR) is 76.0 cm³/mol. The molecule has 5 heteroatoms. The summed E-state index contributed by atoms with van der Waals surface area (Å²) in [5, 5.41) is 13.0. The van der Waals surface area contributed by atoms with Gasteiger partial charge in [0.05, 0.1) is 6.20 Å². The fourth-order valence-corrected chi connectivity index (χ4v) is 1.71. The number of hydrogen-bond donors (Lipinski definition) is 3. The molecule has 1 aromatic heterocycles. The second-order valence-electron chi connectivity index (χ2n) is 4.36. The van der Waals surface area contributed by atoms with Crippen molar-refractivity contribution < 1.29 is 4.79 Å². The first-order chi connectivity index (χ1) is 9.19. The van der Waals surface area contributed by atoms with Crippen LogP contribution < -0.4 is 10.6 Å². The number of aryl methyl sites for hydroxylation is 1. The number of aromatic amines is 1. The highest BCUT2D eigenvalue weighted by molar-refractivity contribution is 5.90. The van der Waals surface area contributed by atoms with Crippen LogP contribution in [-0.4, -0.2) is 16.1 Å². The number of carbonyl (C=O) groups is 1. The number of nitrogens with zero attached hydrogens (tertiary/aromatic N) is 1. The second kappa shape index (κ2) is 6.04. The monoisotopic (exact) mass is 258 g/mol. The van der Waals surface area contributed by atoms with Crippen LogP contribution in [0, 0.1) is 6.92 Å². The van der Waals surface area contributed by atoms with Crippen LogP contribution >= 0.6 is 0 Å². The standard InChI is InChI=1S/C14H18N4O/c1-3-14(19)17-13-6-4-5-12(7-13)15-8-11-9-16-18-10(11)2/h4-7,9,15H,3,8H2,1-2H3,(H,16,18)(H,17,19). The van der Waals surface area contributed by atoms with Gasteiger partial charge in [-0.3, -0.25) is 9.89 Å². The Kier molecular flexibility index (Phi) is 4.18. The summed E-state index contributed by atoms with van der Waals surface area (Å²) in [5.74, 6) is 0.0165. The molecule has 1 heterocycles. The maximum atomic E-state index is 11.3. The van der Waals surface area contributed by atoms with Crippen LogP contribution in [0.15, 0.2) is 30.5 Å². The Labute approximate surface area is 112 Å². The predicted octanol–water partition coefficient (Wildman–Crippen LogP) is 2.68. The van der Waals surface area contributed by atoms with Gasteiger partial charge in [-0.1, -0.05) is 13.0 Å². The maximum Gasteiger partial charge on any atom is 0.224 e. The van der Waals surface area contributed by atoms with Gasteiger partial charge in [0.15, 0.2) is 0 Å². The summed E-state index contributed by atoms with van der Waals surface area (Å²) >= 11 is 0. The molecule has 0 spiro atoms. The molecule has 3 N–H and O–H groups in total. The third-order valence-electron chi connectivity index (χ3n) is 2.88. The highest BCUT2D eigenvalue weighted by Crippen LogP contribution is 2.16. The summed E-state index contributed by atoms with van der Waals surface area (Å²) < 4.78 is 0. The minimum Gasteiger partial charge on any atom is -0.381 e. The van der Waals surface area contributed by atoms with Gasteiger partial charge >= 0.3 is 0 Å². The molecule has 0 saturated heterocycles. The number of anilines is 2. The van der Waals surface area contributed by atoms with E-state index in [9.17, 15) is 4.79 Å². The van der Waals surface area contributed by atoms with Crippen molar-refractivity contribution in [2.24, 2.45) is 0 Å². The average Bonchev–Trinajstić information content (AvgIpc) is 2.82. The summed E-state index contributed by atoms with van der Waals surface area (Å²) in [6, 6.07) is 7.68. The Balaban J connectivity index is 1.99. The maximum absolute atomic E-state index is 11.3. The normalized spacial score (nSPS) is 10.2. The summed E-state index contributed by atoms with van der Waals surface area (Å²) in [6.45, 7) is 4.52. The van der Waals surface area contributed by atoms with Crippen LogP contribution in [0.25, 0.3) is 0 Å². The number of aromatic nitrogens is 2. The van der Waals surface area contributed by atoms with Crippen LogP contribution in [-0.2, 0) is 11.3 Å². The molecule has 0 saturated carbocycles. The molecule has 0 bridgehead atoms. The van der Waals surface area contributed by atoms with Gasteiger partial charge in [-0.05, 0) is 25.1 Å². The number of nitrogens with one attached hydrogen (secondary N) is 3. The van der Waals surface area contributed by atoms with Crippen LogP contribution in [0.3, 0.4) is 0 Å². The molecule has 2 rings (SSSR count). The van der Waals surface area contributed by atoms with Gasteiger partial charge in [0, 0.05) is 35.6 Å². The summed E-state index contributed by atoms with van der Waals surface area (Å²) in [6.07, 6.45) is 2.29. The molecule has 0 fully saturated rings. The van der Waals surface area contributed by atoms with Crippen molar-refractivity contribution >= 4 is 17.3 Å². The van der Waals surface area contributed by atoms with E-state index in [1.54, 1.807) is 0 Å². The lowest BCUT2D eigenvalue weighted by molar-refractivity contribution is -0.115. The number of rotatable bonds is 5. The van der Waals surface area contributed by atoms with Crippen molar-refractivity contribution in [3.63, 3.8) is 0 Å². The van der Waals surface area contributed by atoms with E-state index in [-0.39, 0.29) is 5.91 Å². The quantitative estimate of drug-likeness (QED) is 0.772. The SMILES string of the molecule is CCC(=O)Nc1cccc(NCc2cn[nH]c2C)c1. The third-order valence-corrected chi connectivity index (χ3v) is 2.88. The Hall–Kier alpha value is -2.30. The smallest absolute Gasteiger partial charge is 0.224 e. The number of H-pyrrole nitrogens is 1. The van der Waals surface area contributed by atoms with E-state index >= 15 is 0 Å². The first-order valence-electron chi connectivity index (χ1n) is 6.31. The fraction of sp³-hybridized carbons (Fsp3) is 0.286. The van der Waals surface area contributed by atoms with Gasteiger partial charge in [-0.15, -0.1) is 0 Å².